The highest BCUT2D eigenvalue weighted by atomic mass is 16.6. The number of fused-ring (bicyclic) bond motifs is 1. The fourth-order valence-electron chi connectivity index (χ4n) is 2.04. The molecular formula is C11H13N3O3. The van der Waals surface area contributed by atoms with E-state index in [0.29, 0.717) is 23.4 Å². The molecule has 0 aromatic heterocycles. The van der Waals surface area contributed by atoms with Crippen molar-refractivity contribution in [1.82, 2.24) is 5.32 Å². The molecule has 0 aliphatic carbocycles. The second kappa shape index (κ2) is 4.14. The van der Waals surface area contributed by atoms with Gasteiger partial charge in [0.1, 0.15) is 6.04 Å². The molecule has 17 heavy (non-hydrogen) atoms. The minimum absolute atomic E-state index is 0.0145. The average Bonchev–Trinajstić information content (AvgIpc) is 2.57. The highest BCUT2D eigenvalue weighted by molar-refractivity contribution is 6.03. The number of non-ortho nitro benzene ring substituents is 1. The number of benzene rings is 1. The summed E-state index contributed by atoms with van der Waals surface area (Å²) >= 11 is 0. The summed E-state index contributed by atoms with van der Waals surface area (Å²) in [6, 6.07) is 2.43. The van der Waals surface area contributed by atoms with E-state index in [0.717, 1.165) is 0 Å². The molecule has 6 nitrogen and oxygen atoms in total. The molecule has 1 heterocycles. The quantitative estimate of drug-likeness (QED) is 0.614. The zero-order valence-corrected chi connectivity index (χ0v) is 9.61. The van der Waals surface area contributed by atoms with Gasteiger partial charge in [0.2, 0.25) is 5.91 Å². The van der Waals surface area contributed by atoms with Crippen molar-refractivity contribution in [3.05, 3.63) is 33.4 Å². The molecule has 0 saturated heterocycles. The van der Waals surface area contributed by atoms with Crippen LogP contribution in [-0.4, -0.2) is 17.4 Å². The van der Waals surface area contributed by atoms with Gasteiger partial charge in [-0.1, -0.05) is 6.92 Å². The summed E-state index contributed by atoms with van der Waals surface area (Å²) in [7, 11) is 0. The number of hydrogen-bond donors (Lipinski definition) is 2. The van der Waals surface area contributed by atoms with Crippen LogP contribution in [0.1, 0.15) is 24.1 Å². The lowest BCUT2D eigenvalue weighted by Gasteiger charge is -2.09. The molecule has 90 valence electrons. The Morgan fingerprint density at radius 1 is 1.53 bits per heavy atom. The molecule has 1 aliphatic rings. The number of carbonyl (C=O) groups is 1. The van der Waals surface area contributed by atoms with Crippen molar-refractivity contribution in [2.45, 2.75) is 19.9 Å². The molecule has 1 amide bonds. The number of likely N-dealkylation sites (N-methyl/N-ethyl adjacent to an activating group) is 1. The van der Waals surface area contributed by atoms with Gasteiger partial charge in [-0.05, 0) is 19.0 Å². The number of nitro groups is 1. The Labute approximate surface area is 98.2 Å². The third-order valence-electron chi connectivity index (χ3n) is 2.79. The highest BCUT2D eigenvalue weighted by Gasteiger charge is 2.32. The second-order valence-corrected chi connectivity index (χ2v) is 3.96. The first-order valence-corrected chi connectivity index (χ1v) is 5.37. The van der Waals surface area contributed by atoms with Crippen LogP contribution >= 0.6 is 0 Å². The summed E-state index contributed by atoms with van der Waals surface area (Å²) in [6.07, 6.45) is 0. The number of rotatable bonds is 3. The summed E-state index contributed by atoms with van der Waals surface area (Å²) in [6.45, 7) is 4.26. The van der Waals surface area contributed by atoms with Crippen LogP contribution in [0.25, 0.3) is 0 Å². The first-order valence-electron chi connectivity index (χ1n) is 5.37. The Hall–Kier alpha value is -1.95. The number of nitrogens with zero attached hydrogens (tertiary/aromatic N) is 1. The number of hydrogen-bond acceptors (Lipinski definition) is 4. The van der Waals surface area contributed by atoms with E-state index in [9.17, 15) is 14.9 Å². The normalized spacial score (nSPS) is 17.8. The van der Waals surface area contributed by atoms with E-state index >= 15 is 0 Å². The topological polar surface area (TPSA) is 84.3 Å². The molecule has 0 fully saturated rings. The molecule has 0 radical (unpaired) electrons. The number of nitrogens with one attached hydrogen (secondary N) is 2. The Balaban J connectivity index is 2.52. The van der Waals surface area contributed by atoms with Crippen molar-refractivity contribution in [3.63, 3.8) is 0 Å². The van der Waals surface area contributed by atoms with Gasteiger partial charge in [-0.2, -0.15) is 0 Å². The maximum Gasteiger partial charge on any atom is 0.270 e. The van der Waals surface area contributed by atoms with Crippen molar-refractivity contribution < 1.29 is 9.72 Å². The van der Waals surface area contributed by atoms with Crippen molar-refractivity contribution in [3.8, 4) is 0 Å². The van der Waals surface area contributed by atoms with Gasteiger partial charge in [-0.15, -0.1) is 0 Å². The maximum atomic E-state index is 11.7. The molecule has 1 unspecified atom stereocenters. The number of aryl methyl sites for hydroxylation is 1. The lowest BCUT2D eigenvalue weighted by atomic mass is 10.0. The van der Waals surface area contributed by atoms with E-state index in [1.54, 1.807) is 6.92 Å². The van der Waals surface area contributed by atoms with Crippen LogP contribution in [0.15, 0.2) is 12.1 Å². The lowest BCUT2D eigenvalue weighted by Crippen LogP contribution is -2.27. The zero-order valence-electron chi connectivity index (χ0n) is 9.61. The predicted molar refractivity (Wildman–Crippen MR) is 62.9 cm³/mol. The van der Waals surface area contributed by atoms with E-state index in [1.807, 2.05) is 6.92 Å². The van der Waals surface area contributed by atoms with Gasteiger partial charge < -0.3 is 10.6 Å². The predicted octanol–water partition coefficient (Wildman–Crippen LogP) is 1.51. The first-order chi connectivity index (χ1) is 8.04. The Morgan fingerprint density at radius 3 is 2.82 bits per heavy atom. The van der Waals surface area contributed by atoms with Crippen LogP contribution in [0.3, 0.4) is 0 Å². The molecule has 6 heteroatoms. The van der Waals surface area contributed by atoms with Crippen molar-refractivity contribution in [1.29, 1.82) is 0 Å². The van der Waals surface area contributed by atoms with Gasteiger partial charge in [-0.25, -0.2) is 0 Å². The van der Waals surface area contributed by atoms with Crippen molar-refractivity contribution in [2.75, 3.05) is 11.9 Å². The van der Waals surface area contributed by atoms with E-state index in [-0.39, 0.29) is 11.6 Å². The highest BCUT2D eigenvalue weighted by Crippen LogP contribution is 2.36. The molecule has 1 aliphatic heterocycles. The molecule has 0 bridgehead atoms. The van der Waals surface area contributed by atoms with Gasteiger partial charge in [0, 0.05) is 23.4 Å². The summed E-state index contributed by atoms with van der Waals surface area (Å²) in [5.41, 5.74) is 2.07. The third-order valence-corrected chi connectivity index (χ3v) is 2.79. The van der Waals surface area contributed by atoms with Crippen LogP contribution < -0.4 is 10.6 Å². The zero-order chi connectivity index (χ0) is 12.6. The van der Waals surface area contributed by atoms with Crippen LogP contribution in [0, 0.1) is 17.0 Å². The van der Waals surface area contributed by atoms with Gasteiger partial charge in [0.15, 0.2) is 0 Å². The SMILES string of the molecule is CCNC1C(=O)Nc2c(C)cc([N+](=O)[O-])cc21. The van der Waals surface area contributed by atoms with Gasteiger partial charge >= 0.3 is 0 Å². The van der Waals surface area contributed by atoms with E-state index < -0.39 is 11.0 Å². The van der Waals surface area contributed by atoms with Crippen LogP contribution in [0.5, 0.6) is 0 Å². The van der Waals surface area contributed by atoms with Crippen LogP contribution in [-0.2, 0) is 4.79 Å². The minimum Gasteiger partial charge on any atom is -0.324 e. The summed E-state index contributed by atoms with van der Waals surface area (Å²) < 4.78 is 0. The van der Waals surface area contributed by atoms with E-state index in [2.05, 4.69) is 10.6 Å². The van der Waals surface area contributed by atoms with Crippen molar-refractivity contribution in [2.24, 2.45) is 0 Å². The summed E-state index contributed by atoms with van der Waals surface area (Å²) in [5.74, 6) is -0.162. The monoisotopic (exact) mass is 235 g/mol. The summed E-state index contributed by atoms with van der Waals surface area (Å²) in [5, 5.41) is 16.5. The largest absolute Gasteiger partial charge is 0.324 e. The minimum atomic E-state index is -0.492. The standard InChI is InChI=1S/C11H13N3O3/c1-3-12-10-8-5-7(14(16)17)4-6(2)9(8)13-11(10)15/h4-5,10,12H,3H2,1-2H3,(H,13,15). The fraction of sp³-hybridized carbons (Fsp3) is 0.364. The smallest absolute Gasteiger partial charge is 0.270 e. The lowest BCUT2D eigenvalue weighted by molar-refractivity contribution is -0.384. The van der Waals surface area contributed by atoms with E-state index in [4.69, 9.17) is 0 Å². The van der Waals surface area contributed by atoms with Crippen molar-refractivity contribution >= 4 is 17.3 Å². The fourth-order valence-corrected chi connectivity index (χ4v) is 2.04. The molecule has 0 saturated carbocycles. The Morgan fingerprint density at radius 2 is 2.24 bits per heavy atom. The summed E-state index contributed by atoms with van der Waals surface area (Å²) in [4.78, 5) is 22.0. The Kier molecular flexibility index (Phi) is 2.81. The molecule has 2 rings (SSSR count). The molecular weight excluding hydrogens is 222 g/mol. The maximum absolute atomic E-state index is 11.7. The molecule has 1 aromatic rings. The van der Waals surface area contributed by atoms with Gasteiger partial charge in [0.05, 0.1) is 4.92 Å². The van der Waals surface area contributed by atoms with E-state index in [1.165, 1.54) is 12.1 Å². The van der Waals surface area contributed by atoms with Crippen LogP contribution in [0.4, 0.5) is 11.4 Å². The molecule has 1 atom stereocenters. The molecule has 0 spiro atoms. The van der Waals surface area contributed by atoms with Gasteiger partial charge in [0.25, 0.3) is 5.69 Å². The molecule has 2 N–H and O–H groups in total. The Bertz CT molecular complexity index is 499. The first kappa shape index (κ1) is 11.5. The number of anilines is 1. The van der Waals surface area contributed by atoms with Crippen LogP contribution in [0.2, 0.25) is 0 Å². The average molecular weight is 235 g/mol. The van der Waals surface area contributed by atoms with Gasteiger partial charge in [-0.3, -0.25) is 14.9 Å². The molecule has 1 aromatic carbocycles. The number of carbonyl (C=O) groups excluding carboxylic acids is 1. The number of nitro benzene ring substituents is 1. The third kappa shape index (κ3) is 1.87. The second-order valence-electron chi connectivity index (χ2n) is 3.96. The number of amides is 1.